The number of aryl methyl sites for hydroxylation is 3. The van der Waals surface area contributed by atoms with Gasteiger partial charge in [-0.05, 0) is 55.2 Å². The molecule has 18 heavy (non-hydrogen) atoms. The average molecular weight is 260 g/mol. The lowest BCUT2D eigenvalue weighted by atomic mass is 9.90. The zero-order valence-electron chi connectivity index (χ0n) is 11.0. The van der Waals surface area contributed by atoms with Gasteiger partial charge >= 0.3 is 0 Å². The number of halogens is 1. The summed E-state index contributed by atoms with van der Waals surface area (Å²) in [5.41, 5.74) is 12.4. The molecule has 2 aromatic carbocycles. The van der Waals surface area contributed by atoms with Crippen LogP contribution in [-0.4, -0.2) is 0 Å². The van der Waals surface area contributed by atoms with Crippen molar-refractivity contribution in [1.29, 1.82) is 0 Å². The van der Waals surface area contributed by atoms with Crippen LogP contribution in [0.5, 0.6) is 0 Å². The fraction of sp³-hybridized carbons (Fsp3) is 0.250. The van der Waals surface area contributed by atoms with Crippen molar-refractivity contribution in [3.8, 4) is 0 Å². The van der Waals surface area contributed by atoms with Gasteiger partial charge in [0.15, 0.2) is 0 Å². The monoisotopic (exact) mass is 259 g/mol. The van der Waals surface area contributed by atoms with Gasteiger partial charge < -0.3 is 5.73 Å². The zero-order chi connectivity index (χ0) is 13.3. The summed E-state index contributed by atoms with van der Waals surface area (Å²) in [5.74, 6) is 0. The summed E-state index contributed by atoms with van der Waals surface area (Å²) in [6.07, 6.45) is 0. The lowest BCUT2D eigenvalue weighted by molar-refractivity contribution is 0.850. The fourth-order valence-electron chi connectivity index (χ4n) is 2.52. The molecular weight excluding hydrogens is 242 g/mol. The van der Waals surface area contributed by atoms with Crippen LogP contribution in [0.2, 0.25) is 5.02 Å². The maximum absolute atomic E-state index is 6.38. The van der Waals surface area contributed by atoms with Crippen molar-refractivity contribution in [1.82, 2.24) is 0 Å². The Balaban J connectivity index is 2.46. The second-order valence-electron chi connectivity index (χ2n) is 4.84. The second kappa shape index (κ2) is 5.13. The van der Waals surface area contributed by atoms with Crippen LogP contribution in [0.1, 0.15) is 33.9 Å². The molecular formula is C16H18ClN. The smallest absolute Gasteiger partial charge is 0.0556 e. The molecule has 2 heteroatoms. The van der Waals surface area contributed by atoms with Gasteiger partial charge in [0.05, 0.1) is 6.04 Å². The standard InChI is InChI=1S/C16H18ClN/c1-10-8-11(2)15(12(3)9-10)16(18)13-4-6-14(17)7-5-13/h4-9,16H,18H2,1-3H3. The van der Waals surface area contributed by atoms with Crippen molar-refractivity contribution < 1.29 is 0 Å². The highest BCUT2D eigenvalue weighted by Crippen LogP contribution is 2.27. The molecule has 1 nitrogen and oxygen atoms in total. The molecule has 94 valence electrons. The highest BCUT2D eigenvalue weighted by molar-refractivity contribution is 6.30. The second-order valence-corrected chi connectivity index (χ2v) is 5.28. The Morgan fingerprint density at radius 2 is 1.44 bits per heavy atom. The summed E-state index contributed by atoms with van der Waals surface area (Å²) in [4.78, 5) is 0. The summed E-state index contributed by atoms with van der Waals surface area (Å²) in [6, 6.07) is 12.0. The van der Waals surface area contributed by atoms with Crippen molar-refractivity contribution in [3.05, 3.63) is 69.2 Å². The van der Waals surface area contributed by atoms with Crippen molar-refractivity contribution in [2.75, 3.05) is 0 Å². The number of rotatable bonds is 2. The highest BCUT2D eigenvalue weighted by Gasteiger charge is 2.14. The molecule has 0 heterocycles. The Morgan fingerprint density at radius 3 is 1.94 bits per heavy atom. The van der Waals surface area contributed by atoms with Gasteiger partial charge in [0.1, 0.15) is 0 Å². The topological polar surface area (TPSA) is 26.0 Å². The molecule has 2 N–H and O–H groups in total. The van der Waals surface area contributed by atoms with Gasteiger partial charge in [-0.3, -0.25) is 0 Å². The first kappa shape index (κ1) is 13.1. The summed E-state index contributed by atoms with van der Waals surface area (Å²) < 4.78 is 0. The fourth-order valence-corrected chi connectivity index (χ4v) is 2.64. The maximum atomic E-state index is 6.38. The number of benzene rings is 2. The van der Waals surface area contributed by atoms with Crippen LogP contribution in [0.3, 0.4) is 0 Å². The molecule has 0 aliphatic heterocycles. The van der Waals surface area contributed by atoms with E-state index in [1.165, 1.54) is 22.3 Å². The zero-order valence-corrected chi connectivity index (χ0v) is 11.8. The molecule has 2 rings (SSSR count). The molecule has 0 radical (unpaired) electrons. The number of hydrogen-bond acceptors (Lipinski definition) is 1. The van der Waals surface area contributed by atoms with Crippen molar-refractivity contribution >= 4 is 11.6 Å². The number of nitrogens with two attached hydrogens (primary N) is 1. The quantitative estimate of drug-likeness (QED) is 0.854. The van der Waals surface area contributed by atoms with E-state index in [9.17, 15) is 0 Å². The van der Waals surface area contributed by atoms with E-state index in [1.54, 1.807) is 0 Å². The van der Waals surface area contributed by atoms with Gasteiger partial charge in [-0.15, -0.1) is 0 Å². The molecule has 0 saturated carbocycles. The lowest BCUT2D eigenvalue weighted by Gasteiger charge is -2.19. The molecule has 0 saturated heterocycles. The van der Waals surface area contributed by atoms with E-state index in [4.69, 9.17) is 17.3 Å². The van der Waals surface area contributed by atoms with E-state index in [1.807, 2.05) is 24.3 Å². The van der Waals surface area contributed by atoms with E-state index < -0.39 is 0 Å². The lowest BCUT2D eigenvalue weighted by Crippen LogP contribution is -2.15. The molecule has 0 amide bonds. The largest absolute Gasteiger partial charge is 0.320 e. The normalized spacial score (nSPS) is 12.5. The van der Waals surface area contributed by atoms with Crippen LogP contribution >= 0.6 is 11.6 Å². The predicted octanol–water partition coefficient (Wildman–Crippen LogP) is 4.31. The summed E-state index contributed by atoms with van der Waals surface area (Å²) in [6.45, 7) is 6.34. The van der Waals surface area contributed by atoms with Crippen LogP contribution in [0.4, 0.5) is 0 Å². The molecule has 0 aliphatic carbocycles. The summed E-state index contributed by atoms with van der Waals surface area (Å²) in [5, 5.41) is 0.739. The Bertz CT molecular complexity index is 535. The molecule has 0 bridgehead atoms. The van der Waals surface area contributed by atoms with Gasteiger partial charge in [0.25, 0.3) is 0 Å². The van der Waals surface area contributed by atoms with Gasteiger partial charge in [-0.1, -0.05) is 41.4 Å². The van der Waals surface area contributed by atoms with Gasteiger partial charge in [-0.25, -0.2) is 0 Å². The number of hydrogen-bond donors (Lipinski definition) is 1. The Labute approximate surface area is 114 Å². The maximum Gasteiger partial charge on any atom is 0.0556 e. The Hall–Kier alpha value is -1.31. The minimum Gasteiger partial charge on any atom is -0.320 e. The molecule has 0 aromatic heterocycles. The van der Waals surface area contributed by atoms with Gasteiger partial charge in [0, 0.05) is 5.02 Å². The van der Waals surface area contributed by atoms with Crippen LogP contribution in [-0.2, 0) is 0 Å². The molecule has 0 spiro atoms. The van der Waals surface area contributed by atoms with Crippen molar-refractivity contribution in [2.45, 2.75) is 26.8 Å². The minimum absolute atomic E-state index is 0.0946. The summed E-state index contributed by atoms with van der Waals surface area (Å²) in [7, 11) is 0. The third kappa shape index (κ3) is 2.58. The third-order valence-corrected chi connectivity index (χ3v) is 3.53. The molecule has 0 fully saturated rings. The first-order valence-electron chi connectivity index (χ1n) is 6.08. The summed E-state index contributed by atoms with van der Waals surface area (Å²) >= 11 is 5.90. The van der Waals surface area contributed by atoms with Crippen LogP contribution in [0.15, 0.2) is 36.4 Å². The third-order valence-electron chi connectivity index (χ3n) is 3.28. The van der Waals surface area contributed by atoms with Gasteiger partial charge in [-0.2, -0.15) is 0 Å². The molecule has 1 atom stereocenters. The van der Waals surface area contributed by atoms with Gasteiger partial charge in [0.2, 0.25) is 0 Å². The highest BCUT2D eigenvalue weighted by atomic mass is 35.5. The Kier molecular flexibility index (Phi) is 3.74. The van der Waals surface area contributed by atoms with E-state index in [0.717, 1.165) is 10.6 Å². The molecule has 0 aliphatic rings. The van der Waals surface area contributed by atoms with E-state index in [0.29, 0.717) is 0 Å². The average Bonchev–Trinajstić information content (AvgIpc) is 2.28. The van der Waals surface area contributed by atoms with Crippen molar-refractivity contribution in [3.63, 3.8) is 0 Å². The molecule has 1 unspecified atom stereocenters. The van der Waals surface area contributed by atoms with Crippen LogP contribution < -0.4 is 5.73 Å². The first-order chi connectivity index (χ1) is 8.49. The molecule has 2 aromatic rings. The van der Waals surface area contributed by atoms with Crippen molar-refractivity contribution in [2.24, 2.45) is 5.73 Å². The van der Waals surface area contributed by atoms with Crippen LogP contribution in [0.25, 0.3) is 0 Å². The SMILES string of the molecule is Cc1cc(C)c(C(N)c2ccc(Cl)cc2)c(C)c1. The Morgan fingerprint density at radius 1 is 0.944 bits per heavy atom. The van der Waals surface area contributed by atoms with E-state index in [2.05, 4.69) is 32.9 Å². The first-order valence-corrected chi connectivity index (χ1v) is 6.45. The van der Waals surface area contributed by atoms with E-state index >= 15 is 0 Å². The van der Waals surface area contributed by atoms with Crippen LogP contribution in [0, 0.1) is 20.8 Å². The predicted molar refractivity (Wildman–Crippen MR) is 78.1 cm³/mol. The van der Waals surface area contributed by atoms with E-state index in [-0.39, 0.29) is 6.04 Å². The minimum atomic E-state index is -0.0946.